The molecule has 0 aliphatic heterocycles. The first kappa shape index (κ1) is 14.1. The molecule has 3 nitrogen and oxygen atoms in total. The molecule has 0 aliphatic carbocycles. The lowest BCUT2D eigenvalue weighted by Crippen LogP contribution is -2.22. The molecule has 1 atom stereocenters. The third-order valence-electron chi connectivity index (χ3n) is 2.76. The summed E-state index contributed by atoms with van der Waals surface area (Å²) >= 11 is 4.94. The molecule has 1 aromatic carbocycles. The molecule has 0 bridgehead atoms. The van der Waals surface area contributed by atoms with Crippen molar-refractivity contribution in [3.63, 3.8) is 0 Å². The summed E-state index contributed by atoms with van der Waals surface area (Å²) in [5.74, 6) is -0.284. The predicted octanol–water partition coefficient (Wildman–Crippen LogP) is 4.15. The summed E-state index contributed by atoms with van der Waals surface area (Å²) in [7, 11) is 1.40. The average molecular weight is 340 g/mol. The van der Waals surface area contributed by atoms with Gasteiger partial charge in [0.05, 0.1) is 7.11 Å². The lowest BCUT2D eigenvalue weighted by molar-refractivity contribution is -0.141. The van der Waals surface area contributed by atoms with Crippen LogP contribution in [0.1, 0.15) is 16.5 Å². The van der Waals surface area contributed by atoms with Crippen molar-refractivity contribution in [3.8, 4) is 0 Å². The maximum absolute atomic E-state index is 11.9. The third-order valence-corrected chi connectivity index (χ3v) is 4.37. The quantitative estimate of drug-likeness (QED) is 0.850. The van der Waals surface area contributed by atoms with Crippen LogP contribution in [0.2, 0.25) is 0 Å². The second-order valence-electron chi connectivity index (χ2n) is 4.08. The number of ether oxygens (including phenoxy) is 1. The minimum absolute atomic E-state index is 0.284. The highest BCUT2D eigenvalue weighted by molar-refractivity contribution is 9.10. The molecule has 0 amide bonds. The van der Waals surface area contributed by atoms with Crippen LogP contribution < -0.4 is 5.32 Å². The van der Waals surface area contributed by atoms with E-state index in [-0.39, 0.29) is 5.97 Å². The molecule has 2 rings (SSSR count). The van der Waals surface area contributed by atoms with Crippen LogP contribution >= 0.6 is 27.3 Å². The average Bonchev–Trinajstić information content (AvgIpc) is 2.83. The number of aryl methyl sites for hydroxylation is 1. The molecular weight excluding hydrogens is 326 g/mol. The molecule has 1 aromatic heterocycles. The fourth-order valence-corrected chi connectivity index (χ4v) is 2.97. The molecule has 1 unspecified atom stereocenters. The van der Waals surface area contributed by atoms with Gasteiger partial charge in [0.2, 0.25) is 0 Å². The fourth-order valence-electron chi connectivity index (χ4n) is 1.74. The van der Waals surface area contributed by atoms with E-state index < -0.39 is 6.04 Å². The number of hydrogen-bond acceptors (Lipinski definition) is 4. The highest BCUT2D eigenvalue weighted by atomic mass is 79.9. The zero-order valence-corrected chi connectivity index (χ0v) is 13.0. The lowest BCUT2D eigenvalue weighted by Gasteiger charge is -2.17. The number of thiophene rings is 1. The van der Waals surface area contributed by atoms with Crippen LogP contribution in [0.5, 0.6) is 0 Å². The van der Waals surface area contributed by atoms with Crippen molar-refractivity contribution < 1.29 is 9.53 Å². The normalized spacial score (nSPS) is 11.9. The summed E-state index contributed by atoms with van der Waals surface area (Å²) in [6.45, 7) is 1.99. The largest absolute Gasteiger partial charge is 0.467 e. The van der Waals surface area contributed by atoms with E-state index in [9.17, 15) is 4.79 Å². The van der Waals surface area contributed by atoms with E-state index in [0.717, 1.165) is 20.6 Å². The van der Waals surface area contributed by atoms with Gasteiger partial charge in [-0.05, 0) is 48.2 Å². The Balaban J connectivity index is 2.27. The molecule has 0 spiro atoms. The van der Waals surface area contributed by atoms with E-state index in [4.69, 9.17) is 4.74 Å². The molecular formula is C14H14BrNO2S. The van der Waals surface area contributed by atoms with Crippen LogP contribution in [0.15, 0.2) is 40.2 Å². The highest BCUT2D eigenvalue weighted by Gasteiger charge is 2.24. The van der Waals surface area contributed by atoms with E-state index in [2.05, 4.69) is 21.2 Å². The van der Waals surface area contributed by atoms with E-state index in [1.165, 1.54) is 7.11 Å². The molecule has 0 saturated heterocycles. The van der Waals surface area contributed by atoms with Crippen molar-refractivity contribution >= 4 is 38.9 Å². The number of methoxy groups -OCH3 is 1. The van der Waals surface area contributed by atoms with Crippen molar-refractivity contribution in [2.24, 2.45) is 0 Å². The number of nitrogens with one attached hydrogen (secondary N) is 1. The minimum atomic E-state index is -0.467. The van der Waals surface area contributed by atoms with Crippen molar-refractivity contribution in [2.75, 3.05) is 12.4 Å². The Morgan fingerprint density at radius 2 is 2.00 bits per heavy atom. The van der Waals surface area contributed by atoms with E-state index in [0.29, 0.717) is 0 Å². The number of benzene rings is 1. The summed E-state index contributed by atoms with van der Waals surface area (Å²) in [5, 5.41) is 5.19. The Labute approximate surface area is 124 Å². The smallest absolute Gasteiger partial charge is 0.333 e. The van der Waals surface area contributed by atoms with E-state index in [1.54, 1.807) is 11.3 Å². The number of halogens is 1. The van der Waals surface area contributed by atoms with Crippen LogP contribution in [-0.4, -0.2) is 13.1 Å². The lowest BCUT2D eigenvalue weighted by atomic mass is 10.1. The molecule has 0 radical (unpaired) electrons. The van der Waals surface area contributed by atoms with Gasteiger partial charge >= 0.3 is 5.97 Å². The maximum Gasteiger partial charge on any atom is 0.333 e. The first-order valence-corrected chi connectivity index (χ1v) is 7.43. The Kier molecular flexibility index (Phi) is 4.61. The fraction of sp³-hybridized carbons (Fsp3) is 0.214. The SMILES string of the molecule is COC(=O)C(Nc1ccc(Br)cc1)c1sccc1C. The zero-order chi connectivity index (χ0) is 13.8. The van der Waals surface area contributed by atoms with Crippen molar-refractivity contribution in [2.45, 2.75) is 13.0 Å². The van der Waals surface area contributed by atoms with Crippen LogP contribution in [0.4, 0.5) is 5.69 Å². The second-order valence-corrected chi connectivity index (χ2v) is 5.94. The van der Waals surface area contributed by atoms with Gasteiger partial charge in [-0.25, -0.2) is 4.79 Å². The van der Waals surface area contributed by atoms with Crippen molar-refractivity contribution in [1.82, 2.24) is 0 Å². The van der Waals surface area contributed by atoms with Gasteiger partial charge < -0.3 is 10.1 Å². The molecule has 1 heterocycles. The van der Waals surface area contributed by atoms with Gasteiger partial charge in [0, 0.05) is 15.0 Å². The summed E-state index contributed by atoms with van der Waals surface area (Å²) in [4.78, 5) is 12.9. The van der Waals surface area contributed by atoms with Gasteiger partial charge in [0.1, 0.15) is 0 Å². The number of anilines is 1. The monoisotopic (exact) mass is 339 g/mol. The molecule has 0 fully saturated rings. The summed E-state index contributed by atoms with van der Waals surface area (Å²) in [6, 6.07) is 9.23. The van der Waals surface area contributed by atoms with Crippen LogP contribution in [0, 0.1) is 6.92 Å². The molecule has 19 heavy (non-hydrogen) atoms. The Morgan fingerprint density at radius 1 is 1.32 bits per heavy atom. The zero-order valence-electron chi connectivity index (χ0n) is 10.6. The number of carbonyl (C=O) groups excluding carboxylic acids is 1. The predicted molar refractivity (Wildman–Crippen MR) is 81.6 cm³/mol. The van der Waals surface area contributed by atoms with Gasteiger partial charge in [-0.15, -0.1) is 11.3 Å². The van der Waals surface area contributed by atoms with Crippen LogP contribution in [-0.2, 0) is 9.53 Å². The Hall–Kier alpha value is -1.33. The maximum atomic E-state index is 11.9. The first-order valence-electron chi connectivity index (χ1n) is 5.75. The van der Waals surface area contributed by atoms with Gasteiger partial charge in [-0.2, -0.15) is 0 Å². The topological polar surface area (TPSA) is 38.3 Å². The van der Waals surface area contributed by atoms with Gasteiger partial charge in [0.15, 0.2) is 6.04 Å². The molecule has 5 heteroatoms. The van der Waals surface area contributed by atoms with Crippen LogP contribution in [0.3, 0.4) is 0 Å². The van der Waals surface area contributed by atoms with Crippen molar-refractivity contribution in [1.29, 1.82) is 0 Å². The third kappa shape index (κ3) is 3.36. The van der Waals surface area contributed by atoms with Crippen molar-refractivity contribution in [3.05, 3.63) is 50.6 Å². The van der Waals surface area contributed by atoms with Gasteiger partial charge in [0.25, 0.3) is 0 Å². The summed E-state index contributed by atoms with van der Waals surface area (Å²) in [6.07, 6.45) is 0. The highest BCUT2D eigenvalue weighted by Crippen LogP contribution is 2.28. The number of carbonyl (C=O) groups is 1. The molecule has 0 saturated carbocycles. The van der Waals surface area contributed by atoms with E-state index in [1.807, 2.05) is 42.6 Å². The van der Waals surface area contributed by atoms with Crippen LogP contribution in [0.25, 0.3) is 0 Å². The Bertz CT molecular complexity index is 565. The minimum Gasteiger partial charge on any atom is -0.467 e. The van der Waals surface area contributed by atoms with E-state index >= 15 is 0 Å². The number of hydrogen-bond donors (Lipinski definition) is 1. The standard InChI is InChI=1S/C14H14BrNO2S/c1-9-7-8-19-13(9)12(14(17)18-2)16-11-5-3-10(15)4-6-11/h3-8,12,16H,1-2H3. The Morgan fingerprint density at radius 3 is 2.53 bits per heavy atom. The summed E-state index contributed by atoms with van der Waals surface area (Å²) < 4.78 is 5.88. The molecule has 100 valence electrons. The molecule has 0 aliphatic rings. The second kappa shape index (κ2) is 6.21. The number of rotatable bonds is 4. The van der Waals surface area contributed by atoms with Gasteiger partial charge in [-0.3, -0.25) is 0 Å². The molecule has 2 aromatic rings. The molecule has 1 N–H and O–H groups in total. The number of esters is 1. The van der Waals surface area contributed by atoms with Gasteiger partial charge in [-0.1, -0.05) is 15.9 Å². The first-order chi connectivity index (χ1) is 9.11. The summed E-state index contributed by atoms with van der Waals surface area (Å²) in [5.41, 5.74) is 1.97.